The molecule has 26 heavy (non-hydrogen) atoms. The molecule has 1 heterocycles. The molecule has 0 saturated carbocycles. The van der Waals surface area contributed by atoms with Crippen LogP contribution in [0.3, 0.4) is 0 Å². The minimum atomic E-state index is -3.86. The molecule has 9 heteroatoms. The Balaban J connectivity index is 2.07. The first-order chi connectivity index (χ1) is 12.3. The van der Waals surface area contributed by atoms with Gasteiger partial charge in [-0.25, -0.2) is 13.6 Å². The van der Waals surface area contributed by atoms with Crippen molar-refractivity contribution >= 4 is 27.5 Å². The molecule has 1 fully saturated rings. The number of unbranched alkanes of at least 4 members (excludes halogenated alkanes) is 1. The van der Waals surface area contributed by atoms with Gasteiger partial charge in [-0.2, -0.15) is 0 Å². The van der Waals surface area contributed by atoms with Gasteiger partial charge in [-0.1, -0.05) is 25.8 Å². The summed E-state index contributed by atoms with van der Waals surface area (Å²) >= 11 is 0. The van der Waals surface area contributed by atoms with E-state index in [0.717, 1.165) is 19.3 Å². The van der Waals surface area contributed by atoms with Crippen molar-refractivity contribution in [2.24, 2.45) is 16.8 Å². The number of nitrogens with zero attached hydrogens (tertiary/aromatic N) is 1. The van der Waals surface area contributed by atoms with Crippen molar-refractivity contribution < 1.29 is 18.0 Å². The highest BCUT2D eigenvalue weighted by Crippen LogP contribution is 2.27. The van der Waals surface area contributed by atoms with Crippen molar-refractivity contribution in [3.63, 3.8) is 0 Å². The Morgan fingerprint density at radius 1 is 1.42 bits per heavy atom. The van der Waals surface area contributed by atoms with Crippen LogP contribution < -0.4 is 21.1 Å². The summed E-state index contributed by atoms with van der Waals surface area (Å²) < 4.78 is 23.0. The molecular formula is C17H26N4O4S. The van der Waals surface area contributed by atoms with E-state index >= 15 is 0 Å². The molecule has 2 amide bonds. The molecular weight excluding hydrogens is 356 g/mol. The molecule has 0 radical (unpaired) electrons. The normalized spacial score (nSPS) is 18.8. The summed E-state index contributed by atoms with van der Waals surface area (Å²) in [4.78, 5) is 26.1. The lowest BCUT2D eigenvalue weighted by Crippen LogP contribution is -2.43. The average molecular weight is 382 g/mol. The fourth-order valence-corrected chi connectivity index (χ4v) is 3.53. The molecule has 2 rings (SSSR count). The topological polar surface area (TPSA) is 136 Å². The van der Waals surface area contributed by atoms with Gasteiger partial charge in [0, 0.05) is 31.2 Å². The van der Waals surface area contributed by atoms with E-state index in [1.165, 1.54) is 23.1 Å². The number of hydrogen-bond acceptors (Lipinski definition) is 5. The minimum absolute atomic E-state index is 0.0709. The van der Waals surface area contributed by atoms with Gasteiger partial charge in [0.25, 0.3) is 0 Å². The molecule has 8 nitrogen and oxygen atoms in total. The number of nitrogens with two attached hydrogens (primary N) is 2. The van der Waals surface area contributed by atoms with Crippen molar-refractivity contribution in [2.45, 2.75) is 43.5 Å². The van der Waals surface area contributed by atoms with Crippen molar-refractivity contribution in [2.75, 3.05) is 18.0 Å². The lowest BCUT2D eigenvalue weighted by Gasteiger charge is -2.20. The van der Waals surface area contributed by atoms with Crippen LogP contribution in [0.2, 0.25) is 0 Å². The molecule has 1 aromatic carbocycles. The zero-order valence-electron chi connectivity index (χ0n) is 14.8. The Bertz CT molecular complexity index is 766. The van der Waals surface area contributed by atoms with Gasteiger partial charge in [-0.05, 0) is 24.6 Å². The number of primary sulfonamides is 1. The summed E-state index contributed by atoms with van der Waals surface area (Å²) in [6.07, 6.45) is 2.87. The second-order valence-electron chi connectivity index (χ2n) is 6.53. The van der Waals surface area contributed by atoms with Gasteiger partial charge in [0.15, 0.2) is 0 Å². The van der Waals surface area contributed by atoms with Crippen LogP contribution in [0.4, 0.5) is 5.69 Å². The third-order valence-electron chi connectivity index (χ3n) is 4.49. The van der Waals surface area contributed by atoms with E-state index in [2.05, 4.69) is 12.2 Å². The largest absolute Gasteiger partial charge is 0.352 e. The Morgan fingerprint density at radius 3 is 2.77 bits per heavy atom. The van der Waals surface area contributed by atoms with Crippen LogP contribution in [0.15, 0.2) is 29.2 Å². The maximum atomic E-state index is 12.5. The smallest absolute Gasteiger partial charge is 0.238 e. The fraction of sp³-hybridized carbons (Fsp3) is 0.529. The van der Waals surface area contributed by atoms with Gasteiger partial charge in [-0.3, -0.25) is 9.59 Å². The summed E-state index contributed by atoms with van der Waals surface area (Å²) in [5.41, 5.74) is 6.12. The molecule has 1 aliphatic rings. The number of carbonyl (C=O) groups is 2. The third kappa shape index (κ3) is 5.03. The quantitative estimate of drug-likeness (QED) is 0.595. The van der Waals surface area contributed by atoms with Crippen LogP contribution in [-0.2, 0) is 19.6 Å². The van der Waals surface area contributed by atoms with E-state index in [1.54, 1.807) is 6.07 Å². The average Bonchev–Trinajstić information content (AvgIpc) is 2.99. The molecule has 1 saturated heterocycles. The van der Waals surface area contributed by atoms with Crippen molar-refractivity contribution in [1.82, 2.24) is 5.32 Å². The van der Waals surface area contributed by atoms with Gasteiger partial charge in [0.05, 0.1) is 10.8 Å². The molecule has 0 bridgehead atoms. The number of carbonyl (C=O) groups excluding carboxylic acids is 2. The van der Waals surface area contributed by atoms with Crippen LogP contribution in [0, 0.1) is 5.92 Å². The second-order valence-corrected chi connectivity index (χ2v) is 8.09. The van der Waals surface area contributed by atoms with E-state index < -0.39 is 15.9 Å². The van der Waals surface area contributed by atoms with E-state index in [9.17, 15) is 18.0 Å². The van der Waals surface area contributed by atoms with Gasteiger partial charge in [0.1, 0.15) is 0 Å². The highest BCUT2D eigenvalue weighted by atomic mass is 32.2. The molecule has 2 atom stereocenters. The number of sulfonamides is 1. The Labute approximate surface area is 154 Å². The van der Waals surface area contributed by atoms with E-state index in [-0.39, 0.29) is 35.7 Å². The number of hydrogen-bond donors (Lipinski definition) is 3. The Hall–Kier alpha value is -1.97. The zero-order chi connectivity index (χ0) is 19.3. The maximum absolute atomic E-state index is 12.5. The highest BCUT2D eigenvalue weighted by molar-refractivity contribution is 7.89. The summed E-state index contributed by atoms with van der Waals surface area (Å²) in [5.74, 6) is -0.916. The molecule has 1 aliphatic heterocycles. The Morgan fingerprint density at radius 2 is 2.15 bits per heavy atom. The van der Waals surface area contributed by atoms with Crippen LogP contribution in [0.25, 0.3) is 0 Å². The zero-order valence-corrected chi connectivity index (χ0v) is 15.7. The first-order valence-corrected chi connectivity index (χ1v) is 10.2. The van der Waals surface area contributed by atoms with Gasteiger partial charge in [-0.15, -0.1) is 0 Å². The monoisotopic (exact) mass is 382 g/mol. The predicted molar refractivity (Wildman–Crippen MR) is 98.8 cm³/mol. The summed E-state index contributed by atoms with van der Waals surface area (Å²) in [6.45, 7) is 2.62. The molecule has 144 valence electrons. The van der Waals surface area contributed by atoms with Crippen molar-refractivity contribution in [1.29, 1.82) is 0 Å². The predicted octanol–water partition coefficient (Wildman–Crippen LogP) is 0.321. The van der Waals surface area contributed by atoms with E-state index in [0.29, 0.717) is 12.2 Å². The van der Waals surface area contributed by atoms with Gasteiger partial charge < -0.3 is 16.0 Å². The van der Waals surface area contributed by atoms with Gasteiger partial charge in [0.2, 0.25) is 21.8 Å². The molecule has 1 aromatic rings. The minimum Gasteiger partial charge on any atom is -0.352 e. The van der Waals surface area contributed by atoms with Gasteiger partial charge >= 0.3 is 0 Å². The van der Waals surface area contributed by atoms with Crippen LogP contribution in [0.5, 0.6) is 0 Å². The molecule has 0 aliphatic carbocycles. The lowest BCUT2D eigenvalue weighted by molar-refractivity contribution is -0.126. The standard InChI is InChI=1S/C17H26N4O4S/c1-2-3-5-13(10-18)20-17(23)12-8-16(22)21(11-12)14-6-4-7-15(9-14)26(19,24)25/h4,6-7,9,12-13H,2-3,5,8,10-11,18H2,1H3,(H,20,23)(H2,19,24,25). The first kappa shape index (κ1) is 20.3. The van der Waals surface area contributed by atoms with Crippen molar-refractivity contribution in [3.05, 3.63) is 24.3 Å². The summed E-state index contributed by atoms with van der Waals surface area (Å²) in [6, 6.07) is 5.75. The first-order valence-electron chi connectivity index (χ1n) is 8.70. The molecule has 0 aromatic heterocycles. The summed E-state index contributed by atoms with van der Waals surface area (Å²) in [5, 5.41) is 8.05. The number of amides is 2. The van der Waals surface area contributed by atoms with Crippen LogP contribution in [0.1, 0.15) is 32.6 Å². The highest BCUT2D eigenvalue weighted by Gasteiger charge is 2.35. The second kappa shape index (κ2) is 8.61. The Kier molecular flexibility index (Phi) is 6.74. The van der Waals surface area contributed by atoms with E-state index in [1.807, 2.05) is 0 Å². The lowest BCUT2D eigenvalue weighted by atomic mass is 10.1. The van der Waals surface area contributed by atoms with Crippen LogP contribution >= 0.6 is 0 Å². The van der Waals surface area contributed by atoms with E-state index in [4.69, 9.17) is 10.9 Å². The molecule has 2 unspecified atom stereocenters. The summed E-state index contributed by atoms with van der Waals surface area (Å²) in [7, 11) is -3.86. The third-order valence-corrected chi connectivity index (χ3v) is 5.40. The maximum Gasteiger partial charge on any atom is 0.238 e. The fourth-order valence-electron chi connectivity index (χ4n) is 2.98. The number of rotatable bonds is 8. The van der Waals surface area contributed by atoms with Crippen LogP contribution in [-0.4, -0.2) is 39.4 Å². The SMILES string of the molecule is CCCCC(CN)NC(=O)C1CC(=O)N(c2cccc(S(N)(=O)=O)c2)C1. The number of anilines is 1. The number of nitrogens with one attached hydrogen (secondary N) is 1. The molecule has 0 spiro atoms. The number of benzene rings is 1. The molecule has 5 N–H and O–H groups in total. The van der Waals surface area contributed by atoms with Crippen molar-refractivity contribution in [3.8, 4) is 0 Å².